The highest BCUT2D eigenvalue weighted by molar-refractivity contribution is 9.11. The lowest BCUT2D eigenvalue weighted by Gasteiger charge is -2.09. The molecule has 0 aromatic heterocycles. The van der Waals surface area contributed by atoms with Crippen LogP contribution in [0, 0.1) is 6.92 Å². The van der Waals surface area contributed by atoms with Crippen LogP contribution in [0.15, 0.2) is 45.3 Å². The van der Waals surface area contributed by atoms with Crippen molar-refractivity contribution in [3.63, 3.8) is 0 Å². The highest BCUT2D eigenvalue weighted by atomic mass is 79.9. The fourth-order valence-corrected chi connectivity index (χ4v) is 2.44. The number of carbonyl (C=O) groups is 1. The third kappa shape index (κ3) is 3.38. The van der Waals surface area contributed by atoms with Gasteiger partial charge in [-0.2, -0.15) is 0 Å². The van der Waals surface area contributed by atoms with Crippen LogP contribution in [0.5, 0.6) is 0 Å². The van der Waals surface area contributed by atoms with Crippen LogP contribution in [0.2, 0.25) is 5.02 Å². The molecule has 2 aromatic rings. The van der Waals surface area contributed by atoms with Crippen molar-refractivity contribution in [2.24, 2.45) is 0 Å². The molecule has 0 spiro atoms. The topological polar surface area (TPSA) is 29.1 Å². The average Bonchev–Trinajstić information content (AvgIpc) is 2.38. The Morgan fingerprint density at radius 3 is 2.63 bits per heavy atom. The monoisotopic (exact) mass is 401 g/mol. The second-order valence-corrected chi connectivity index (χ2v) is 6.07. The van der Waals surface area contributed by atoms with E-state index >= 15 is 0 Å². The van der Waals surface area contributed by atoms with Crippen molar-refractivity contribution in [2.75, 3.05) is 5.32 Å². The van der Waals surface area contributed by atoms with Crippen molar-refractivity contribution in [2.45, 2.75) is 6.92 Å². The Bertz CT molecular complexity index is 643. The van der Waals surface area contributed by atoms with Gasteiger partial charge in [0.1, 0.15) is 0 Å². The number of hydrogen-bond donors (Lipinski definition) is 1. The van der Waals surface area contributed by atoms with E-state index in [-0.39, 0.29) is 5.91 Å². The van der Waals surface area contributed by atoms with Gasteiger partial charge in [-0.25, -0.2) is 0 Å². The fourth-order valence-electron chi connectivity index (χ4n) is 1.58. The van der Waals surface area contributed by atoms with E-state index in [0.29, 0.717) is 15.1 Å². The summed E-state index contributed by atoms with van der Waals surface area (Å²) < 4.78 is 1.58. The van der Waals surface area contributed by atoms with Crippen molar-refractivity contribution < 1.29 is 4.79 Å². The Labute approximate surface area is 133 Å². The number of amides is 1. The largest absolute Gasteiger partial charge is 0.321 e. The Morgan fingerprint density at radius 2 is 1.95 bits per heavy atom. The summed E-state index contributed by atoms with van der Waals surface area (Å²) in [6, 6.07) is 10.8. The molecule has 0 atom stereocenters. The van der Waals surface area contributed by atoms with Crippen LogP contribution >= 0.6 is 43.5 Å². The van der Waals surface area contributed by atoms with Crippen LogP contribution < -0.4 is 5.32 Å². The highest BCUT2D eigenvalue weighted by Gasteiger charge is 2.10. The summed E-state index contributed by atoms with van der Waals surface area (Å²) in [4.78, 5) is 12.1. The van der Waals surface area contributed by atoms with Gasteiger partial charge in [0, 0.05) is 14.5 Å². The molecule has 0 saturated carbocycles. The number of carbonyl (C=O) groups excluding carboxylic acids is 1. The molecule has 19 heavy (non-hydrogen) atoms. The predicted octanol–water partition coefficient (Wildman–Crippen LogP) is 5.43. The van der Waals surface area contributed by atoms with Crippen LogP contribution in [-0.2, 0) is 0 Å². The van der Waals surface area contributed by atoms with Crippen molar-refractivity contribution >= 4 is 55.1 Å². The first-order chi connectivity index (χ1) is 8.99. The van der Waals surface area contributed by atoms with Crippen LogP contribution in [0.3, 0.4) is 0 Å². The van der Waals surface area contributed by atoms with Crippen molar-refractivity contribution in [3.8, 4) is 0 Å². The first-order valence-electron chi connectivity index (χ1n) is 5.50. The van der Waals surface area contributed by atoms with Crippen molar-refractivity contribution in [3.05, 3.63) is 61.5 Å². The standard InChI is InChI=1S/C14H10Br2ClNO/c1-8-3-2-4-12(13(8)16)18-14(19)9-5-6-11(17)10(15)7-9/h2-7H,1H3,(H,18,19). The molecule has 0 aliphatic carbocycles. The Kier molecular flexibility index (Phi) is 4.66. The number of aryl methyl sites for hydroxylation is 1. The lowest BCUT2D eigenvalue weighted by atomic mass is 10.2. The molecule has 2 aromatic carbocycles. The molecule has 0 aliphatic heterocycles. The minimum absolute atomic E-state index is 0.177. The molecule has 2 nitrogen and oxygen atoms in total. The van der Waals surface area contributed by atoms with Gasteiger partial charge in [0.15, 0.2) is 0 Å². The lowest BCUT2D eigenvalue weighted by molar-refractivity contribution is 0.102. The van der Waals surface area contributed by atoms with E-state index in [2.05, 4.69) is 37.2 Å². The van der Waals surface area contributed by atoms with Gasteiger partial charge >= 0.3 is 0 Å². The summed E-state index contributed by atoms with van der Waals surface area (Å²) >= 11 is 12.7. The van der Waals surface area contributed by atoms with E-state index in [1.165, 1.54) is 0 Å². The minimum atomic E-state index is -0.177. The number of nitrogens with one attached hydrogen (secondary N) is 1. The van der Waals surface area contributed by atoms with Gasteiger partial charge in [0.2, 0.25) is 0 Å². The maximum atomic E-state index is 12.1. The van der Waals surface area contributed by atoms with E-state index in [0.717, 1.165) is 15.7 Å². The third-order valence-corrected chi connectivity index (χ3v) is 4.89. The molecule has 1 N–H and O–H groups in total. The summed E-state index contributed by atoms with van der Waals surface area (Å²) in [6.07, 6.45) is 0. The summed E-state index contributed by atoms with van der Waals surface area (Å²) in [6.45, 7) is 1.97. The molecule has 0 bridgehead atoms. The number of halogens is 3. The van der Waals surface area contributed by atoms with Gasteiger partial charge < -0.3 is 5.32 Å². The van der Waals surface area contributed by atoms with Crippen LogP contribution in [0.25, 0.3) is 0 Å². The number of anilines is 1. The molecular weight excluding hydrogens is 393 g/mol. The van der Waals surface area contributed by atoms with Gasteiger partial charge in [-0.1, -0.05) is 23.7 Å². The molecule has 0 heterocycles. The Hall–Kier alpha value is -0.840. The zero-order chi connectivity index (χ0) is 14.0. The Balaban J connectivity index is 2.26. The number of benzene rings is 2. The summed E-state index contributed by atoms with van der Waals surface area (Å²) in [5.74, 6) is -0.177. The predicted molar refractivity (Wildman–Crippen MR) is 86.0 cm³/mol. The second kappa shape index (κ2) is 6.07. The van der Waals surface area contributed by atoms with E-state index < -0.39 is 0 Å². The zero-order valence-corrected chi connectivity index (χ0v) is 13.9. The summed E-state index contributed by atoms with van der Waals surface area (Å²) in [5.41, 5.74) is 2.36. The number of rotatable bonds is 2. The lowest BCUT2D eigenvalue weighted by Crippen LogP contribution is -2.12. The molecule has 98 valence electrons. The quantitative estimate of drug-likeness (QED) is 0.712. The Morgan fingerprint density at radius 1 is 1.21 bits per heavy atom. The molecular formula is C14H10Br2ClNO. The zero-order valence-electron chi connectivity index (χ0n) is 10.0. The van der Waals surface area contributed by atoms with Gasteiger partial charge in [-0.05, 0) is 68.6 Å². The molecule has 0 unspecified atom stereocenters. The minimum Gasteiger partial charge on any atom is -0.321 e. The third-order valence-electron chi connectivity index (χ3n) is 2.62. The summed E-state index contributed by atoms with van der Waals surface area (Å²) in [7, 11) is 0. The maximum absolute atomic E-state index is 12.1. The van der Waals surface area contributed by atoms with Crippen molar-refractivity contribution in [1.29, 1.82) is 0 Å². The molecule has 0 fully saturated rings. The molecule has 0 aliphatic rings. The van der Waals surface area contributed by atoms with E-state index in [1.54, 1.807) is 18.2 Å². The highest BCUT2D eigenvalue weighted by Crippen LogP contribution is 2.27. The van der Waals surface area contributed by atoms with E-state index in [9.17, 15) is 4.79 Å². The SMILES string of the molecule is Cc1cccc(NC(=O)c2ccc(Cl)c(Br)c2)c1Br. The molecule has 2 rings (SSSR count). The summed E-state index contributed by atoms with van der Waals surface area (Å²) in [5, 5.41) is 3.44. The first-order valence-corrected chi connectivity index (χ1v) is 7.47. The average molecular weight is 404 g/mol. The van der Waals surface area contributed by atoms with E-state index in [4.69, 9.17) is 11.6 Å². The van der Waals surface area contributed by atoms with Gasteiger partial charge in [-0.3, -0.25) is 4.79 Å². The molecule has 0 radical (unpaired) electrons. The normalized spacial score (nSPS) is 10.3. The van der Waals surface area contributed by atoms with Crippen molar-refractivity contribution in [1.82, 2.24) is 0 Å². The van der Waals surface area contributed by atoms with Gasteiger partial charge in [0.05, 0.1) is 10.7 Å². The van der Waals surface area contributed by atoms with E-state index in [1.807, 2.05) is 25.1 Å². The first kappa shape index (κ1) is 14.6. The smallest absolute Gasteiger partial charge is 0.255 e. The van der Waals surface area contributed by atoms with Crippen LogP contribution in [0.4, 0.5) is 5.69 Å². The maximum Gasteiger partial charge on any atom is 0.255 e. The fraction of sp³-hybridized carbons (Fsp3) is 0.0714. The molecule has 1 amide bonds. The van der Waals surface area contributed by atoms with Gasteiger partial charge in [-0.15, -0.1) is 0 Å². The van der Waals surface area contributed by atoms with Crippen LogP contribution in [-0.4, -0.2) is 5.91 Å². The second-order valence-electron chi connectivity index (χ2n) is 4.02. The molecule has 0 saturated heterocycles. The number of hydrogen-bond acceptors (Lipinski definition) is 1. The molecule has 5 heteroatoms. The van der Waals surface area contributed by atoms with Crippen LogP contribution in [0.1, 0.15) is 15.9 Å². The van der Waals surface area contributed by atoms with Gasteiger partial charge in [0.25, 0.3) is 5.91 Å².